The molecule has 0 aromatic rings. The van der Waals surface area contributed by atoms with Crippen molar-refractivity contribution in [2.75, 3.05) is 0 Å². The fourth-order valence-electron chi connectivity index (χ4n) is 2.65. The predicted molar refractivity (Wildman–Crippen MR) is 98.2 cm³/mol. The first-order valence-electron chi connectivity index (χ1n) is 8.96. The second-order valence-corrected chi connectivity index (χ2v) is 6.17. The molecule has 3 nitrogen and oxygen atoms in total. The largest absolute Gasteiger partial charge is 0.460 e. The van der Waals surface area contributed by atoms with Gasteiger partial charge in [-0.15, -0.1) is 6.58 Å². The number of hydrogen-bond donors (Lipinski definition) is 1. The Hall–Kier alpha value is -1.79. The van der Waals surface area contributed by atoms with Gasteiger partial charge in [-0.1, -0.05) is 55.4 Å². The second-order valence-electron chi connectivity index (χ2n) is 6.17. The van der Waals surface area contributed by atoms with Crippen molar-refractivity contribution in [2.45, 2.75) is 70.5 Å². The van der Waals surface area contributed by atoms with E-state index < -0.39 is 6.10 Å². The SMILES string of the molecule is C=CCCC=CC=CC#CCCCCCC[C@@H]1C(=O)O[C@H](C)[C@@H]1O. The maximum absolute atomic E-state index is 11.5. The summed E-state index contributed by atoms with van der Waals surface area (Å²) in [6.07, 6.45) is 16.7. The number of rotatable bonds is 10. The molecule has 3 atom stereocenters. The summed E-state index contributed by atoms with van der Waals surface area (Å²) in [7, 11) is 0. The highest BCUT2D eigenvalue weighted by molar-refractivity contribution is 5.75. The highest BCUT2D eigenvalue weighted by Gasteiger charge is 2.40. The van der Waals surface area contributed by atoms with Crippen molar-refractivity contribution in [2.24, 2.45) is 5.92 Å². The zero-order valence-corrected chi connectivity index (χ0v) is 14.7. The van der Waals surface area contributed by atoms with E-state index in [1.807, 2.05) is 24.3 Å². The van der Waals surface area contributed by atoms with E-state index in [1.54, 1.807) is 6.92 Å². The number of esters is 1. The molecule has 1 N–H and O–H groups in total. The van der Waals surface area contributed by atoms with Crippen molar-refractivity contribution < 1.29 is 14.6 Å². The predicted octanol–water partition coefficient (Wildman–Crippen LogP) is 4.33. The van der Waals surface area contributed by atoms with Gasteiger partial charge in [-0.05, 0) is 38.7 Å². The monoisotopic (exact) mass is 330 g/mol. The number of aliphatic hydroxyl groups excluding tert-OH is 1. The van der Waals surface area contributed by atoms with Gasteiger partial charge in [0.1, 0.15) is 12.2 Å². The summed E-state index contributed by atoms with van der Waals surface area (Å²) in [5, 5.41) is 9.85. The van der Waals surface area contributed by atoms with Gasteiger partial charge in [0, 0.05) is 6.42 Å². The minimum Gasteiger partial charge on any atom is -0.460 e. The van der Waals surface area contributed by atoms with Crippen molar-refractivity contribution in [1.29, 1.82) is 0 Å². The van der Waals surface area contributed by atoms with Crippen LogP contribution >= 0.6 is 0 Å². The zero-order chi connectivity index (χ0) is 17.6. The molecule has 0 unspecified atom stereocenters. The number of ether oxygens (including phenoxy) is 1. The Labute approximate surface area is 146 Å². The van der Waals surface area contributed by atoms with E-state index in [0.29, 0.717) is 0 Å². The summed E-state index contributed by atoms with van der Waals surface area (Å²) in [4.78, 5) is 11.5. The van der Waals surface area contributed by atoms with Crippen LogP contribution in [0.3, 0.4) is 0 Å². The maximum atomic E-state index is 11.5. The molecule has 1 saturated heterocycles. The van der Waals surface area contributed by atoms with Gasteiger partial charge in [0.15, 0.2) is 0 Å². The fourth-order valence-corrected chi connectivity index (χ4v) is 2.65. The molecule has 132 valence electrons. The van der Waals surface area contributed by atoms with Crippen molar-refractivity contribution in [3.05, 3.63) is 37.0 Å². The standard InChI is InChI=1S/C21H30O3/c1-3-4-5-6-7-8-9-10-11-12-13-14-15-16-17-19-20(22)18(2)24-21(19)23/h3,6-9,18-20,22H,1,4-5,12-17H2,2H3/t18-,19+,20+/m1/s1. The quantitative estimate of drug-likeness (QED) is 0.213. The van der Waals surface area contributed by atoms with Crippen LogP contribution in [-0.2, 0) is 9.53 Å². The highest BCUT2D eigenvalue weighted by atomic mass is 16.6. The molecule has 1 aliphatic heterocycles. The minimum absolute atomic E-state index is 0.244. The van der Waals surface area contributed by atoms with Crippen LogP contribution < -0.4 is 0 Å². The highest BCUT2D eigenvalue weighted by Crippen LogP contribution is 2.26. The van der Waals surface area contributed by atoms with Gasteiger partial charge < -0.3 is 9.84 Å². The third-order valence-electron chi connectivity index (χ3n) is 4.13. The Bertz CT molecular complexity index is 493. The van der Waals surface area contributed by atoms with E-state index in [2.05, 4.69) is 24.5 Å². The Kier molecular flexibility index (Phi) is 10.6. The van der Waals surface area contributed by atoms with Crippen molar-refractivity contribution in [3.63, 3.8) is 0 Å². The molecular weight excluding hydrogens is 300 g/mol. The third-order valence-corrected chi connectivity index (χ3v) is 4.13. The van der Waals surface area contributed by atoms with Crippen LogP contribution in [0.25, 0.3) is 0 Å². The van der Waals surface area contributed by atoms with E-state index >= 15 is 0 Å². The van der Waals surface area contributed by atoms with Crippen LogP contribution in [0.4, 0.5) is 0 Å². The normalized spacial score (nSPS) is 23.4. The zero-order valence-electron chi connectivity index (χ0n) is 14.7. The molecule has 0 amide bonds. The van der Waals surface area contributed by atoms with Crippen LogP contribution in [0.1, 0.15) is 58.3 Å². The topological polar surface area (TPSA) is 46.5 Å². The number of unbranched alkanes of at least 4 members (excludes halogenated alkanes) is 5. The first-order chi connectivity index (χ1) is 11.7. The lowest BCUT2D eigenvalue weighted by atomic mass is 9.95. The Morgan fingerprint density at radius 3 is 2.71 bits per heavy atom. The van der Waals surface area contributed by atoms with Crippen LogP contribution in [0.5, 0.6) is 0 Å². The molecule has 1 fully saturated rings. The van der Waals surface area contributed by atoms with Crippen LogP contribution in [0.2, 0.25) is 0 Å². The van der Waals surface area contributed by atoms with E-state index in [4.69, 9.17) is 4.74 Å². The number of aliphatic hydroxyl groups is 1. The van der Waals surface area contributed by atoms with Crippen molar-refractivity contribution in [3.8, 4) is 11.8 Å². The second kappa shape index (κ2) is 12.6. The molecule has 0 spiro atoms. The molecule has 0 aromatic carbocycles. The van der Waals surface area contributed by atoms with Crippen LogP contribution in [-0.4, -0.2) is 23.3 Å². The summed E-state index contributed by atoms with van der Waals surface area (Å²) in [5.74, 6) is 5.60. The number of carbonyl (C=O) groups excluding carboxylic acids is 1. The lowest BCUT2D eigenvalue weighted by Gasteiger charge is -2.11. The summed E-state index contributed by atoms with van der Waals surface area (Å²) in [6, 6.07) is 0. The number of hydrogen-bond acceptors (Lipinski definition) is 3. The summed E-state index contributed by atoms with van der Waals surface area (Å²) < 4.78 is 5.03. The van der Waals surface area contributed by atoms with Gasteiger partial charge in [0.2, 0.25) is 0 Å². The molecule has 0 aromatic heterocycles. The Balaban J connectivity index is 2.00. The molecule has 0 aliphatic carbocycles. The number of cyclic esters (lactones) is 1. The van der Waals surface area contributed by atoms with Gasteiger partial charge in [-0.3, -0.25) is 4.79 Å². The first-order valence-corrected chi connectivity index (χ1v) is 8.96. The molecule has 0 radical (unpaired) electrons. The smallest absolute Gasteiger partial charge is 0.312 e. The number of carbonyl (C=O) groups is 1. The van der Waals surface area contributed by atoms with Gasteiger partial charge in [-0.2, -0.15) is 0 Å². The van der Waals surface area contributed by atoms with E-state index in [9.17, 15) is 9.90 Å². The molecular formula is C21H30O3. The van der Waals surface area contributed by atoms with E-state index in [1.165, 1.54) is 0 Å². The summed E-state index contributed by atoms with van der Waals surface area (Å²) in [5.41, 5.74) is 0. The van der Waals surface area contributed by atoms with E-state index in [-0.39, 0.29) is 18.0 Å². The van der Waals surface area contributed by atoms with Crippen molar-refractivity contribution in [1.82, 2.24) is 0 Å². The molecule has 24 heavy (non-hydrogen) atoms. The Morgan fingerprint density at radius 1 is 1.21 bits per heavy atom. The van der Waals surface area contributed by atoms with Gasteiger partial charge >= 0.3 is 5.97 Å². The molecule has 1 heterocycles. The molecule has 0 bridgehead atoms. The fraction of sp³-hybridized carbons (Fsp3) is 0.571. The average molecular weight is 330 g/mol. The lowest BCUT2D eigenvalue weighted by Crippen LogP contribution is -2.24. The van der Waals surface area contributed by atoms with Crippen LogP contribution in [0.15, 0.2) is 37.0 Å². The molecule has 3 heteroatoms. The first kappa shape index (κ1) is 20.3. The average Bonchev–Trinajstić information content (AvgIpc) is 2.81. The maximum Gasteiger partial charge on any atom is 0.312 e. The van der Waals surface area contributed by atoms with Crippen molar-refractivity contribution >= 4 is 5.97 Å². The minimum atomic E-state index is -0.638. The lowest BCUT2D eigenvalue weighted by molar-refractivity contribution is -0.143. The molecule has 0 saturated carbocycles. The van der Waals surface area contributed by atoms with Crippen LogP contribution in [0, 0.1) is 17.8 Å². The van der Waals surface area contributed by atoms with E-state index in [0.717, 1.165) is 51.4 Å². The van der Waals surface area contributed by atoms with Gasteiger partial charge in [-0.25, -0.2) is 0 Å². The summed E-state index contributed by atoms with van der Waals surface area (Å²) in [6.45, 7) is 5.42. The third kappa shape index (κ3) is 8.17. The molecule has 1 aliphatic rings. The summed E-state index contributed by atoms with van der Waals surface area (Å²) >= 11 is 0. The number of allylic oxidation sites excluding steroid dienone is 5. The van der Waals surface area contributed by atoms with Gasteiger partial charge in [0.25, 0.3) is 0 Å². The van der Waals surface area contributed by atoms with Gasteiger partial charge in [0.05, 0.1) is 5.92 Å². The molecule has 1 rings (SSSR count). The Morgan fingerprint density at radius 2 is 2.00 bits per heavy atom.